The van der Waals surface area contributed by atoms with Gasteiger partial charge in [0.2, 0.25) is 0 Å². The second-order valence-corrected chi connectivity index (χ2v) is 7.95. The Hall–Kier alpha value is 0. The van der Waals surface area contributed by atoms with Gasteiger partial charge in [0.1, 0.15) is 0 Å². The van der Waals surface area contributed by atoms with E-state index in [2.05, 4.69) is 6.92 Å². The fourth-order valence-corrected chi connectivity index (χ4v) is 5.69. The molecule has 3 saturated carbocycles. The van der Waals surface area contributed by atoms with E-state index in [0.717, 1.165) is 29.6 Å². The molecule has 0 heteroatoms. The Bertz CT molecular complexity index is 261. The molecule has 0 heterocycles. The van der Waals surface area contributed by atoms with Crippen molar-refractivity contribution >= 4 is 0 Å². The Morgan fingerprint density at radius 2 is 1.16 bits per heavy atom. The quantitative estimate of drug-likeness (QED) is 0.568. The summed E-state index contributed by atoms with van der Waals surface area (Å²) >= 11 is 0. The maximum atomic E-state index is 2.36. The van der Waals surface area contributed by atoms with Crippen LogP contribution in [0.25, 0.3) is 0 Å². The van der Waals surface area contributed by atoms with Crippen LogP contribution < -0.4 is 0 Å². The third-order valence-corrected chi connectivity index (χ3v) is 6.84. The van der Waals surface area contributed by atoms with Crippen molar-refractivity contribution in [2.24, 2.45) is 29.6 Å². The molecule has 110 valence electrons. The highest BCUT2D eigenvalue weighted by Crippen LogP contribution is 2.48. The fourth-order valence-electron chi connectivity index (χ4n) is 5.69. The van der Waals surface area contributed by atoms with E-state index in [-0.39, 0.29) is 0 Å². The Balaban J connectivity index is 1.48. The van der Waals surface area contributed by atoms with E-state index in [1.165, 1.54) is 25.7 Å². The number of hydrogen-bond acceptors (Lipinski definition) is 0. The largest absolute Gasteiger partial charge is 0.0654 e. The molecule has 0 nitrogen and oxygen atoms in total. The number of fused-ring (bicyclic) bond motifs is 1. The Labute approximate surface area is 120 Å². The van der Waals surface area contributed by atoms with Gasteiger partial charge >= 0.3 is 0 Å². The van der Waals surface area contributed by atoms with Gasteiger partial charge in [-0.2, -0.15) is 0 Å². The Morgan fingerprint density at radius 3 is 1.89 bits per heavy atom. The van der Waals surface area contributed by atoms with Crippen LogP contribution in [-0.4, -0.2) is 0 Å². The molecule has 3 aliphatic carbocycles. The first kappa shape index (κ1) is 14.0. The summed E-state index contributed by atoms with van der Waals surface area (Å²) in [5.74, 6) is 5.62. The molecular formula is C19H34. The minimum Gasteiger partial charge on any atom is -0.0654 e. The second-order valence-electron chi connectivity index (χ2n) is 7.95. The van der Waals surface area contributed by atoms with Gasteiger partial charge in [-0.05, 0) is 61.7 Å². The zero-order valence-corrected chi connectivity index (χ0v) is 13.1. The topological polar surface area (TPSA) is 0 Å². The van der Waals surface area contributed by atoms with Crippen LogP contribution in [0.4, 0.5) is 0 Å². The fraction of sp³-hybridized carbons (Fsp3) is 1.00. The molecule has 0 saturated heterocycles. The summed E-state index contributed by atoms with van der Waals surface area (Å²) in [7, 11) is 0. The van der Waals surface area contributed by atoms with Crippen molar-refractivity contribution in [1.82, 2.24) is 0 Å². The lowest BCUT2D eigenvalue weighted by Gasteiger charge is -2.43. The zero-order valence-electron chi connectivity index (χ0n) is 13.1. The molecule has 3 fully saturated rings. The van der Waals surface area contributed by atoms with Crippen molar-refractivity contribution in [2.45, 2.75) is 90.4 Å². The van der Waals surface area contributed by atoms with E-state index in [1.54, 1.807) is 57.8 Å². The van der Waals surface area contributed by atoms with E-state index >= 15 is 0 Å². The predicted molar refractivity (Wildman–Crippen MR) is 83.1 cm³/mol. The van der Waals surface area contributed by atoms with Gasteiger partial charge in [0.05, 0.1) is 0 Å². The van der Waals surface area contributed by atoms with Gasteiger partial charge in [-0.15, -0.1) is 0 Å². The SMILES string of the molecule is CCCC1CCC(C2CCC3CCCCC3C2)CC1. The smallest absolute Gasteiger partial charge is 0.0383 e. The molecule has 3 unspecified atom stereocenters. The van der Waals surface area contributed by atoms with Gasteiger partial charge < -0.3 is 0 Å². The van der Waals surface area contributed by atoms with Crippen LogP contribution in [0, 0.1) is 29.6 Å². The summed E-state index contributed by atoms with van der Waals surface area (Å²) in [5.41, 5.74) is 0. The van der Waals surface area contributed by atoms with E-state index in [9.17, 15) is 0 Å². The van der Waals surface area contributed by atoms with Crippen molar-refractivity contribution in [3.63, 3.8) is 0 Å². The van der Waals surface area contributed by atoms with E-state index in [1.807, 2.05) is 0 Å². The lowest BCUT2D eigenvalue weighted by molar-refractivity contribution is 0.0775. The highest BCUT2D eigenvalue weighted by molar-refractivity contribution is 4.87. The predicted octanol–water partition coefficient (Wildman–Crippen LogP) is 6.20. The average molecular weight is 262 g/mol. The maximum Gasteiger partial charge on any atom is -0.0383 e. The van der Waals surface area contributed by atoms with Crippen LogP contribution in [0.1, 0.15) is 90.4 Å². The summed E-state index contributed by atoms with van der Waals surface area (Å²) in [6.07, 6.45) is 20.2. The summed E-state index contributed by atoms with van der Waals surface area (Å²) in [6.45, 7) is 2.36. The van der Waals surface area contributed by atoms with Crippen molar-refractivity contribution in [3.05, 3.63) is 0 Å². The van der Waals surface area contributed by atoms with Crippen LogP contribution >= 0.6 is 0 Å². The van der Waals surface area contributed by atoms with Gasteiger partial charge in [0.25, 0.3) is 0 Å². The molecular weight excluding hydrogens is 228 g/mol. The van der Waals surface area contributed by atoms with Crippen LogP contribution in [-0.2, 0) is 0 Å². The first-order valence-electron chi connectivity index (χ1n) is 9.36. The third-order valence-electron chi connectivity index (χ3n) is 6.84. The molecule has 3 rings (SSSR count). The van der Waals surface area contributed by atoms with Crippen molar-refractivity contribution < 1.29 is 0 Å². The summed E-state index contributed by atoms with van der Waals surface area (Å²) < 4.78 is 0. The maximum absolute atomic E-state index is 2.36. The second kappa shape index (κ2) is 6.64. The van der Waals surface area contributed by atoms with E-state index in [4.69, 9.17) is 0 Å². The monoisotopic (exact) mass is 262 g/mol. The van der Waals surface area contributed by atoms with Crippen LogP contribution in [0.15, 0.2) is 0 Å². The molecule has 19 heavy (non-hydrogen) atoms. The van der Waals surface area contributed by atoms with Gasteiger partial charge in [0.15, 0.2) is 0 Å². The van der Waals surface area contributed by atoms with Gasteiger partial charge in [-0.3, -0.25) is 0 Å². The van der Waals surface area contributed by atoms with E-state index < -0.39 is 0 Å². The minimum absolute atomic E-state index is 1.09. The summed E-state index contributed by atoms with van der Waals surface area (Å²) in [6, 6.07) is 0. The lowest BCUT2D eigenvalue weighted by Crippen LogP contribution is -2.32. The molecule has 0 bridgehead atoms. The number of rotatable bonds is 3. The van der Waals surface area contributed by atoms with Crippen molar-refractivity contribution in [3.8, 4) is 0 Å². The molecule has 0 spiro atoms. The summed E-state index contributed by atoms with van der Waals surface area (Å²) in [4.78, 5) is 0. The van der Waals surface area contributed by atoms with Gasteiger partial charge in [-0.1, -0.05) is 58.3 Å². The van der Waals surface area contributed by atoms with Crippen LogP contribution in [0.5, 0.6) is 0 Å². The molecule has 0 aliphatic heterocycles. The molecule has 0 aromatic heterocycles. The molecule has 3 aliphatic rings. The Morgan fingerprint density at radius 1 is 0.632 bits per heavy atom. The standard InChI is InChI=1S/C19H34/c1-2-5-15-8-10-17(11-9-15)19-13-12-16-6-3-4-7-18(16)14-19/h15-19H,2-14H2,1H3. The first-order valence-corrected chi connectivity index (χ1v) is 9.36. The minimum atomic E-state index is 1.09. The third kappa shape index (κ3) is 3.37. The van der Waals surface area contributed by atoms with Gasteiger partial charge in [0, 0.05) is 0 Å². The molecule has 0 aromatic carbocycles. The zero-order chi connectivity index (χ0) is 13.1. The molecule has 0 radical (unpaired) electrons. The van der Waals surface area contributed by atoms with Gasteiger partial charge in [-0.25, -0.2) is 0 Å². The van der Waals surface area contributed by atoms with Crippen LogP contribution in [0.2, 0.25) is 0 Å². The lowest BCUT2D eigenvalue weighted by atomic mass is 9.62. The number of hydrogen-bond donors (Lipinski definition) is 0. The molecule has 0 amide bonds. The van der Waals surface area contributed by atoms with Crippen molar-refractivity contribution in [2.75, 3.05) is 0 Å². The first-order chi connectivity index (χ1) is 9.36. The highest BCUT2D eigenvalue weighted by atomic mass is 14.4. The molecule has 3 atom stereocenters. The van der Waals surface area contributed by atoms with Crippen LogP contribution in [0.3, 0.4) is 0 Å². The Kier molecular flexibility index (Phi) is 4.87. The van der Waals surface area contributed by atoms with E-state index in [0.29, 0.717) is 0 Å². The highest BCUT2D eigenvalue weighted by Gasteiger charge is 2.36. The summed E-state index contributed by atoms with van der Waals surface area (Å²) in [5, 5.41) is 0. The molecule has 0 N–H and O–H groups in total. The van der Waals surface area contributed by atoms with Crippen molar-refractivity contribution in [1.29, 1.82) is 0 Å². The average Bonchev–Trinajstić information content (AvgIpc) is 2.48. The normalized spacial score (nSPS) is 43.7. The molecule has 0 aromatic rings.